The minimum atomic E-state index is -0.261. The van der Waals surface area contributed by atoms with E-state index in [-0.39, 0.29) is 12.2 Å². The molecule has 0 aliphatic rings. The fraction of sp³-hybridized carbons (Fsp3) is 0.222. The van der Waals surface area contributed by atoms with Gasteiger partial charge in [-0.3, -0.25) is 0 Å². The summed E-state index contributed by atoms with van der Waals surface area (Å²) in [5.74, 6) is -0.261. The minimum Gasteiger partial charge on any atom is -0.207 e. The van der Waals surface area contributed by atoms with Gasteiger partial charge in [-0.2, -0.15) is 5.26 Å². The molecule has 0 aromatic heterocycles. The van der Waals surface area contributed by atoms with E-state index in [0.29, 0.717) is 11.1 Å². The maximum atomic E-state index is 13.0. The first kappa shape index (κ1) is 9.21. The molecule has 0 heterocycles. The van der Waals surface area contributed by atoms with Crippen LogP contribution in [0.2, 0.25) is 0 Å². The molecule has 0 saturated carbocycles. The van der Waals surface area contributed by atoms with Crippen LogP contribution in [-0.2, 0) is 6.42 Å². The summed E-state index contributed by atoms with van der Waals surface area (Å²) >= 11 is 3.26. The number of halogens is 2. The van der Waals surface area contributed by atoms with Crippen molar-refractivity contribution in [2.45, 2.75) is 13.3 Å². The molecule has 1 nitrogen and oxygen atoms in total. The Morgan fingerprint density at radius 3 is 2.83 bits per heavy atom. The molecule has 0 saturated heterocycles. The van der Waals surface area contributed by atoms with Crippen LogP contribution in [0.5, 0.6) is 0 Å². The van der Waals surface area contributed by atoms with Crippen molar-refractivity contribution < 1.29 is 4.39 Å². The van der Waals surface area contributed by atoms with Gasteiger partial charge in [0.2, 0.25) is 0 Å². The second-order valence-electron chi connectivity index (χ2n) is 2.53. The Morgan fingerprint density at radius 2 is 2.25 bits per heavy atom. The Bertz CT molecular complexity index is 341. The number of nitrogens with zero attached hydrogens (tertiary/aromatic N) is 1. The van der Waals surface area contributed by atoms with Crippen LogP contribution in [0.4, 0.5) is 4.39 Å². The number of hydrogen-bond donors (Lipinski definition) is 0. The SMILES string of the molecule is Cc1cc(Br)c(CC#N)cc1F. The molecule has 0 atom stereocenters. The van der Waals surface area contributed by atoms with Gasteiger partial charge in [0.15, 0.2) is 0 Å². The molecule has 0 bridgehead atoms. The first-order chi connectivity index (χ1) is 5.65. The van der Waals surface area contributed by atoms with E-state index in [1.54, 1.807) is 13.0 Å². The molecule has 1 rings (SSSR count). The lowest BCUT2D eigenvalue weighted by Crippen LogP contribution is -1.89. The number of hydrogen-bond acceptors (Lipinski definition) is 1. The van der Waals surface area contributed by atoms with Crippen LogP contribution in [-0.4, -0.2) is 0 Å². The van der Waals surface area contributed by atoms with Crippen molar-refractivity contribution >= 4 is 15.9 Å². The molecule has 62 valence electrons. The summed E-state index contributed by atoms with van der Waals surface area (Å²) in [6, 6.07) is 5.05. The lowest BCUT2D eigenvalue weighted by molar-refractivity contribution is 0.616. The Hall–Kier alpha value is -0.880. The average Bonchev–Trinajstić information content (AvgIpc) is 2.01. The fourth-order valence-electron chi connectivity index (χ4n) is 0.908. The zero-order valence-corrected chi connectivity index (χ0v) is 8.15. The van der Waals surface area contributed by atoms with Crippen LogP contribution < -0.4 is 0 Å². The highest BCUT2D eigenvalue weighted by molar-refractivity contribution is 9.10. The van der Waals surface area contributed by atoms with Gasteiger partial charge in [-0.1, -0.05) is 15.9 Å². The third-order valence-electron chi connectivity index (χ3n) is 1.60. The Kier molecular flexibility index (Phi) is 2.83. The summed E-state index contributed by atoms with van der Waals surface area (Å²) in [7, 11) is 0. The molecule has 0 aliphatic carbocycles. The molecule has 12 heavy (non-hydrogen) atoms. The van der Waals surface area contributed by atoms with Gasteiger partial charge < -0.3 is 0 Å². The van der Waals surface area contributed by atoms with Gasteiger partial charge in [0.25, 0.3) is 0 Å². The van der Waals surface area contributed by atoms with E-state index >= 15 is 0 Å². The smallest absolute Gasteiger partial charge is 0.126 e. The normalized spacial score (nSPS) is 9.50. The van der Waals surface area contributed by atoms with Crippen molar-refractivity contribution in [1.29, 1.82) is 5.26 Å². The van der Waals surface area contributed by atoms with Gasteiger partial charge in [-0.25, -0.2) is 4.39 Å². The largest absolute Gasteiger partial charge is 0.207 e. The van der Waals surface area contributed by atoms with E-state index < -0.39 is 0 Å². The van der Waals surface area contributed by atoms with Gasteiger partial charge >= 0.3 is 0 Å². The molecule has 1 aromatic rings. The van der Waals surface area contributed by atoms with Crippen LogP contribution in [0.1, 0.15) is 11.1 Å². The fourth-order valence-corrected chi connectivity index (χ4v) is 1.51. The van der Waals surface area contributed by atoms with E-state index in [1.165, 1.54) is 6.07 Å². The number of aryl methyl sites for hydroxylation is 1. The Labute approximate surface area is 79.0 Å². The first-order valence-corrected chi connectivity index (χ1v) is 4.26. The van der Waals surface area contributed by atoms with Crippen molar-refractivity contribution in [3.8, 4) is 6.07 Å². The topological polar surface area (TPSA) is 23.8 Å². The zero-order valence-electron chi connectivity index (χ0n) is 6.56. The molecule has 3 heteroatoms. The number of nitriles is 1. The van der Waals surface area contributed by atoms with E-state index in [4.69, 9.17) is 5.26 Å². The van der Waals surface area contributed by atoms with E-state index in [9.17, 15) is 4.39 Å². The number of rotatable bonds is 1. The highest BCUT2D eigenvalue weighted by Crippen LogP contribution is 2.21. The van der Waals surface area contributed by atoms with Crippen LogP contribution >= 0.6 is 15.9 Å². The van der Waals surface area contributed by atoms with E-state index in [0.717, 1.165) is 4.47 Å². The molecule has 0 unspecified atom stereocenters. The molecule has 0 fully saturated rings. The molecule has 0 radical (unpaired) electrons. The zero-order chi connectivity index (χ0) is 9.14. The second kappa shape index (κ2) is 3.68. The van der Waals surface area contributed by atoms with Crippen molar-refractivity contribution in [1.82, 2.24) is 0 Å². The van der Waals surface area contributed by atoms with Crippen molar-refractivity contribution in [3.63, 3.8) is 0 Å². The standard InChI is InChI=1S/C9H7BrFN/c1-6-4-8(10)7(2-3-12)5-9(6)11/h4-5H,2H2,1H3. The number of benzene rings is 1. The second-order valence-corrected chi connectivity index (χ2v) is 3.38. The summed E-state index contributed by atoms with van der Waals surface area (Å²) < 4.78 is 13.7. The first-order valence-electron chi connectivity index (χ1n) is 3.46. The molecular formula is C9H7BrFN. The van der Waals surface area contributed by atoms with Gasteiger partial charge in [-0.05, 0) is 30.2 Å². The van der Waals surface area contributed by atoms with Gasteiger partial charge in [0.1, 0.15) is 5.82 Å². The van der Waals surface area contributed by atoms with Crippen LogP contribution in [0.25, 0.3) is 0 Å². The van der Waals surface area contributed by atoms with Crippen molar-refractivity contribution in [2.24, 2.45) is 0 Å². The quantitative estimate of drug-likeness (QED) is 0.724. The molecule has 1 aromatic carbocycles. The highest BCUT2D eigenvalue weighted by Gasteiger charge is 2.04. The van der Waals surface area contributed by atoms with Gasteiger partial charge in [-0.15, -0.1) is 0 Å². The van der Waals surface area contributed by atoms with E-state index in [2.05, 4.69) is 15.9 Å². The summed E-state index contributed by atoms with van der Waals surface area (Å²) in [6.07, 6.45) is 0.234. The molecule has 0 amide bonds. The predicted molar refractivity (Wildman–Crippen MR) is 48.2 cm³/mol. The maximum Gasteiger partial charge on any atom is 0.126 e. The molecular weight excluding hydrogens is 221 g/mol. The molecule has 0 spiro atoms. The predicted octanol–water partition coefficient (Wildman–Crippen LogP) is 2.96. The average molecular weight is 228 g/mol. The molecule has 0 N–H and O–H groups in total. The van der Waals surface area contributed by atoms with Crippen molar-refractivity contribution in [3.05, 3.63) is 33.5 Å². The Balaban J connectivity index is 3.16. The van der Waals surface area contributed by atoms with E-state index in [1.807, 2.05) is 6.07 Å². The monoisotopic (exact) mass is 227 g/mol. The van der Waals surface area contributed by atoms with Crippen LogP contribution in [0.15, 0.2) is 16.6 Å². The summed E-state index contributed by atoms with van der Waals surface area (Å²) in [4.78, 5) is 0. The van der Waals surface area contributed by atoms with Crippen LogP contribution in [0.3, 0.4) is 0 Å². The molecule has 0 aliphatic heterocycles. The third-order valence-corrected chi connectivity index (χ3v) is 2.34. The summed E-state index contributed by atoms with van der Waals surface area (Å²) in [6.45, 7) is 1.69. The van der Waals surface area contributed by atoms with Gasteiger partial charge in [0.05, 0.1) is 12.5 Å². The minimum absolute atomic E-state index is 0.234. The Morgan fingerprint density at radius 1 is 1.58 bits per heavy atom. The third kappa shape index (κ3) is 1.83. The summed E-state index contributed by atoms with van der Waals surface area (Å²) in [5, 5.41) is 8.41. The maximum absolute atomic E-state index is 13.0. The highest BCUT2D eigenvalue weighted by atomic mass is 79.9. The van der Waals surface area contributed by atoms with Crippen LogP contribution in [0, 0.1) is 24.1 Å². The lowest BCUT2D eigenvalue weighted by atomic mass is 10.1. The van der Waals surface area contributed by atoms with Gasteiger partial charge in [0, 0.05) is 4.47 Å². The van der Waals surface area contributed by atoms with Crippen molar-refractivity contribution in [2.75, 3.05) is 0 Å². The lowest BCUT2D eigenvalue weighted by Gasteiger charge is -2.02. The summed E-state index contributed by atoms with van der Waals surface area (Å²) in [5.41, 5.74) is 1.28.